The molecule has 4 nitrogen and oxygen atoms in total. The maximum absolute atomic E-state index is 9.56. The predicted molar refractivity (Wildman–Crippen MR) is 42.7 cm³/mol. The number of rotatable bonds is 6. The van der Waals surface area contributed by atoms with Crippen molar-refractivity contribution in [2.75, 3.05) is 39.6 Å². The smallest absolute Gasteiger partial charge is 0.853 e. The van der Waals surface area contributed by atoms with Crippen LogP contribution in [0, 0.1) is 0 Å². The van der Waals surface area contributed by atoms with Crippen LogP contribution in [0.4, 0.5) is 0 Å². The molecule has 0 radical (unpaired) electrons. The van der Waals surface area contributed by atoms with Crippen LogP contribution in [-0.4, -0.2) is 39.6 Å². The van der Waals surface area contributed by atoms with Crippen molar-refractivity contribution < 1.29 is 36.8 Å². The molecule has 13 heavy (non-hydrogen) atoms. The predicted octanol–water partition coefficient (Wildman–Crippen LogP) is -1.24. The third-order valence-corrected chi connectivity index (χ3v) is 0.864. The molecule has 0 unspecified atom stereocenters. The van der Waals surface area contributed by atoms with Crippen molar-refractivity contribution in [1.82, 2.24) is 0 Å². The fraction of sp³-hybridized carbons (Fsp3) is 1.00. The van der Waals surface area contributed by atoms with Crippen LogP contribution in [0.2, 0.25) is 0 Å². The molecular weight excluding hydrogens is 216 g/mol. The zero-order chi connectivity index (χ0) is 9.66. The topological polar surface area (TPSA) is 64.6 Å². The molecule has 0 aromatic heterocycles. The second-order valence-corrected chi connectivity index (χ2v) is 1.80. The van der Waals surface area contributed by atoms with E-state index in [0.29, 0.717) is 26.4 Å². The Morgan fingerprint density at radius 2 is 1.15 bits per heavy atom. The van der Waals surface area contributed by atoms with E-state index in [0.717, 1.165) is 0 Å². The van der Waals surface area contributed by atoms with Gasteiger partial charge in [-0.2, -0.15) is 0 Å². The van der Waals surface area contributed by atoms with Gasteiger partial charge in [0.1, 0.15) is 0 Å². The summed E-state index contributed by atoms with van der Waals surface area (Å²) >= 11 is 0. The third-order valence-electron chi connectivity index (χ3n) is 0.864. The fourth-order valence-corrected chi connectivity index (χ4v) is 0.407. The van der Waals surface area contributed by atoms with E-state index in [1.807, 2.05) is 13.8 Å². The van der Waals surface area contributed by atoms with Crippen LogP contribution in [0.15, 0.2) is 0 Å². The second-order valence-electron chi connectivity index (χ2n) is 1.80. The summed E-state index contributed by atoms with van der Waals surface area (Å²) in [6.45, 7) is 5.53. The first-order valence-electron chi connectivity index (χ1n) is 4.15. The minimum Gasteiger partial charge on any atom is -0.853 e. The van der Waals surface area contributed by atoms with Crippen molar-refractivity contribution in [1.29, 1.82) is 0 Å². The van der Waals surface area contributed by atoms with E-state index >= 15 is 0 Å². The maximum atomic E-state index is 9.56. The molecule has 0 aromatic rings. The zero-order valence-electron chi connectivity index (χ0n) is 8.23. The normalized spacial score (nSPS) is 8.31. The van der Waals surface area contributed by atoms with E-state index in [1.54, 1.807) is 0 Å². The molecule has 0 N–H and O–H groups in total. The Hall–Kier alpha value is 0.359. The maximum Gasteiger partial charge on any atom is 2.00 e. The summed E-state index contributed by atoms with van der Waals surface area (Å²) in [5, 5.41) is 19.1. The van der Waals surface area contributed by atoms with Crippen LogP contribution in [0.3, 0.4) is 0 Å². The van der Waals surface area contributed by atoms with Crippen LogP contribution in [-0.2, 0) is 26.5 Å². The van der Waals surface area contributed by atoms with Crippen LogP contribution in [0.25, 0.3) is 0 Å². The average Bonchev–Trinajstić information content (AvgIpc) is 2.12. The van der Waals surface area contributed by atoms with Gasteiger partial charge in [-0.3, -0.25) is 0 Å². The summed E-state index contributed by atoms with van der Waals surface area (Å²) in [5.41, 5.74) is 0. The van der Waals surface area contributed by atoms with Crippen LogP contribution in [0.5, 0.6) is 0 Å². The first-order valence-corrected chi connectivity index (χ1v) is 4.15. The molecule has 0 aliphatic carbocycles. The van der Waals surface area contributed by atoms with Gasteiger partial charge in [-0.25, -0.2) is 0 Å². The van der Waals surface area contributed by atoms with Gasteiger partial charge < -0.3 is 19.7 Å². The first kappa shape index (κ1) is 19.0. The molecular formula is C8H18FeO4. The molecule has 0 bridgehead atoms. The number of ether oxygens (including phenoxy) is 2. The van der Waals surface area contributed by atoms with Gasteiger partial charge in [-0.05, 0) is 13.8 Å². The Morgan fingerprint density at radius 3 is 1.23 bits per heavy atom. The average molecular weight is 234 g/mol. The fourth-order valence-electron chi connectivity index (χ4n) is 0.407. The molecule has 0 atom stereocenters. The van der Waals surface area contributed by atoms with Crippen molar-refractivity contribution in [3.8, 4) is 0 Å². The molecule has 0 aliphatic rings. The molecule has 0 fully saturated rings. The van der Waals surface area contributed by atoms with Crippen molar-refractivity contribution in [2.45, 2.75) is 13.8 Å². The molecule has 0 amide bonds. The van der Waals surface area contributed by atoms with Gasteiger partial charge >= 0.3 is 17.1 Å². The van der Waals surface area contributed by atoms with Gasteiger partial charge in [0.25, 0.3) is 0 Å². The zero-order valence-corrected chi connectivity index (χ0v) is 9.33. The van der Waals surface area contributed by atoms with E-state index in [2.05, 4.69) is 9.47 Å². The standard InChI is InChI=1S/2C4H9O2.Fe/c2*1-2-6-4-3-5;/h2*2-4H2,1H3;/q2*-1;+2. The van der Waals surface area contributed by atoms with Crippen molar-refractivity contribution >= 4 is 0 Å². The molecule has 0 aliphatic heterocycles. The molecule has 0 heterocycles. The summed E-state index contributed by atoms with van der Waals surface area (Å²) in [6, 6.07) is 0. The molecule has 0 aromatic carbocycles. The van der Waals surface area contributed by atoms with Crippen LogP contribution < -0.4 is 10.2 Å². The second kappa shape index (κ2) is 22.8. The van der Waals surface area contributed by atoms with E-state index in [4.69, 9.17) is 0 Å². The summed E-state index contributed by atoms with van der Waals surface area (Å²) in [4.78, 5) is 0. The summed E-state index contributed by atoms with van der Waals surface area (Å²) in [5.74, 6) is 0. The van der Waals surface area contributed by atoms with E-state index in [1.165, 1.54) is 0 Å². The van der Waals surface area contributed by atoms with Gasteiger partial charge in [0.05, 0.1) is 0 Å². The monoisotopic (exact) mass is 234 g/mol. The van der Waals surface area contributed by atoms with Gasteiger partial charge in [0, 0.05) is 26.4 Å². The largest absolute Gasteiger partial charge is 2.00 e. The Balaban J connectivity index is -0.000000143. The minimum atomic E-state index is -0.117. The molecule has 5 heteroatoms. The quantitative estimate of drug-likeness (QED) is 0.426. The molecule has 0 spiro atoms. The molecule has 0 rings (SSSR count). The number of hydrogen-bond acceptors (Lipinski definition) is 4. The van der Waals surface area contributed by atoms with Crippen molar-refractivity contribution in [3.05, 3.63) is 0 Å². The Labute approximate surface area is 90.7 Å². The van der Waals surface area contributed by atoms with E-state index in [-0.39, 0.29) is 30.3 Å². The Kier molecular flexibility index (Phi) is 33.4. The minimum absolute atomic E-state index is 0. The summed E-state index contributed by atoms with van der Waals surface area (Å²) in [7, 11) is 0. The number of hydrogen-bond donors (Lipinski definition) is 0. The van der Waals surface area contributed by atoms with Gasteiger partial charge in [0.2, 0.25) is 0 Å². The van der Waals surface area contributed by atoms with Crippen molar-refractivity contribution in [3.63, 3.8) is 0 Å². The van der Waals surface area contributed by atoms with Gasteiger partial charge in [-0.15, -0.1) is 13.2 Å². The van der Waals surface area contributed by atoms with Gasteiger partial charge in [-0.1, -0.05) is 0 Å². The van der Waals surface area contributed by atoms with Crippen molar-refractivity contribution in [2.24, 2.45) is 0 Å². The Bertz CT molecular complexity index is 48.1. The summed E-state index contributed by atoms with van der Waals surface area (Å²) in [6.07, 6.45) is 0. The molecule has 0 saturated heterocycles. The van der Waals surface area contributed by atoms with Gasteiger partial charge in [0.15, 0.2) is 0 Å². The SMILES string of the molecule is CCOCC[O-].CCOCC[O-].[Fe+2]. The first-order chi connectivity index (χ1) is 5.83. The molecule has 0 saturated carbocycles. The van der Waals surface area contributed by atoms with Crippen LogP contribution >= 0.6 is 0 Å². The van der Waals surface area contributed by atoms with Crippen LogP contribution in [0.1, 0.15) is 13.8 Å². The van der Waals surface area contributed by atoms with E-state index in [9.17, 15) is 10.2 Å². The Morgan fingerprint density at radius 1 is 0.846 bits per heavy atom. The molecule has 82 valence electrons. The summed E-state index contributed by atoms with van der Waals surface area (Å²) < 4.78 is 9.34. The third kappa shape index (κ3) is 32.8. The van der Waals surface area contributed by atoms with E-state index < -0.39 is 0 Å².